The predicted molar refractivity (Wildman–Crippen MR) is 71.8 cm³/mol. The molecule has 1 aromatic carbocycles. The van der Waals surface area contributed by atoms with Crippen molar-refractivity contribution >= 4 is 23.6 Å². The molecule has 0 aromatic heterocycles. The first-order chi connectivity index (χ1) is 7.65. The number of hydrogen-bond donors (Lipinski definition) is 1. The first-order valence-corrected chi connectivity index (χ1v) is 6.08. The number of halogens is 1. The summed E-state index contributed by atoms with van der Waals surface area (Å²) >= 11 is 6.12. The van der Waals surface area contributed by atoms with Crippen LogP contribution in [-0.2, 0) is 0 Å². The van der Waals surface area contributed by atoms with Crippen molar-refractivity contribution in [1.82, 2.24) is 0 Å². The van der Waals surface area contributed by atoms with Crippen LogP contribution in [0.5, 0.6) is 0 Å². The lowest BCUT2D eigenvalue weighted by Crippen LogP contribution is -2.14. The van der Waals surface area contributed by atoms with Crippen LogP contribution in [0, 0.1) is 6.92 Å². The van der Waals surface area contributed by atoms with Crippen molar-refractivity contribution in [2.24, 2.45) is 0 Å². The molecule has 0 amide bonds. The number of anilines is 1. The molecule has 3 heteroatoms. The highest BCUT2D eigenvalue weighted by atomic mass is 35.5. The van der Waals surface area contributed by atoms with Crippen molar-refractivity contribution in [1.29, 1.82) is 0 Å². The molecule has 2 nitrogen and oxygen atoms in total. The molecule has 0 aliphatic heterocycles. The van der Waals surface area contributed by atoms with E-state index in [1.54, 1.807) is 0 Å². The van der Waals surface area contributed by atoms with Gasteiger partial charge < -0.3 is 0 Å². The number of benzene rings is 1. The average molecular weight is 240 g/mol. The molecule has 88 valence electrons. The Morgan fingerprint density at radius 2 is 2.19 bits per heavy atom. The molecular formula is C13H20ClN2+. The van der Waals surface area contributed by atoms with Crippen LogP contribution >= 0.6 is 11.6 Å². The van der Waals surface area contributed by atoms with E-state index in [1.165, 1.54) is 12.8 Å². The van der Waals surface area contributed by atoms with Crippen molar-refractivity contribution < 1.29 is 4.58 Å². The largest absolute Gasteiger partial charge is 0.271 e. The summed E-state index contributed by atoms with van der Waals surface area (Å²) in [6.45, 7) is 5.31. The number of nitrogens with one attached hydrogen (secondary N) is 1. The van der Waals surface area contributed by atoms with Crippen molar-refractivity contribution in [3.05, 3.63) is 28.8 Å². The maximum absolute atomic E-state index is 6.12. The third-order valence-electron chi connectivity index (χ3n) is 2.52. The normalized spacial score (nSPS) is 11.6. The monoisotopic (exact) mass is 239 g/mol. The summed E-state index contributed by atoms with van der Waals surface area (Å²) in [5.74, 6) is 0. The summed E-state index contributed by atoms with van der Waals surface area (Å²) in [5, 5.41) is 4.02. The van der Waals surface area contributed by atoms with Gasteiger partial charge in [0.1, 0.15) is 5.69 Å². The van der Waals surface area contributed by atoms with Gasteiger partial charge in [-0.25, -0.2) is 5.32 Å². The zero-order chi connectivity index (χ0) is 12.0. The summed E-state index contributed by atoms with van der Waals surface area (Å²) in [7, 11) is 2.06. The topological polar surface area (TPSA) is 15.0 Å². The number of para-hydroxylation sites is 1. The van der Waals surface area contributed by atoms with E-state index in [-0.39, 0.29) is 0 Å². The fourth-order valence-electron chi connectivity index (χ4n) is 1.46. The van der Waals surface area contributed by atoms with Crippen LogP contribution in [0.2, 0.25) is 5.02 Å². The van der Waals surface area contributed by atoms with Crippen LogP contribution in [0.25, 0.3) is 0 Å². The Hall–Kier alpha value is -1.02. The Morgan fingerprint density at radius 1 is 1.44 bits per heavy atom. The highest BCUT2D eigenvalue weighted by Gasteiger charge is 2.05. The molecule has 0 fully saturated rings. The highest BCUT2D eigenvalue weighted by molar-refractivity contribution is 6.33. The zero-order valence-corrected chi connectivity index (χ0v) is 11.0. The molecule has 0 radical (unpaired) electrons. The lowest BCUT2D eigenvalue weighted by molar-refractivity contribution is -0.493. The second-order valence-electron chi connectivity index (χ2n) is 4.04. The molecule has 0 saturated carbocycles. The van der Waals surface area contributed by atoms with Crippen LogP contribution < -0.4 is 5.32 Å². The molecule has 0 spiro atoms. The predicted octanol–water partition coefficient (Wildman–Crippen LogP) is 3.53. The molecule has 1 N–H and O–H groups in total. The summed E-state index contributed by atoms with van der Waals surface area (Å²) in [6.07, 6.45) is 4.39. The average Bonchev–Trinajstić information content (AvgIpc) is 2.25. The minimum absolute atomic E-state index is 0.764. The second-order valence-corrected chi connectivity index (χ2v) is 4.45. The van der Waals surface area contributed by atoms with Crippen LogP contribution in [0.1, 0.15) is 25.3 Å². The van der Waals surface area contributed by atoms with E-state index in [0.717, 1.165) is 22.8 Å². The minimum Gasteiger partial charge on any atom is -0.271 e. The Labute approximate surface area is 103 Å². The van der Waals surface area contributed by atoms with Gasteiger partial charge in [-0.15, -0.1) is 0 Å². The van der Waals surface area contributed by atoms with Crippen LogP contribution in [-0.4, -0.2) is 24.5 Å². The fraction of sp³-hybridized carbons (Fsp3) is 0.462. The molecule has 0 bridgehead atoms. The van der Waals surface area contributed by atoms with Gasteiger partial charge in [-0.2, -0.15) is 0 Å². The van der Waals surface area contributed by atoms with Gasteiger partial charge >= 0.3 is 0 Å². The fourth-order valence-corrected chi connectivity index (χ4v) is 1.74. The van der Waals surface area contributed by atoms with E-state index in [2.05, 4.69) is 23.9 Å². The lowest BCUT2D eigenvalue weighted by Gasteiger charge is -2.04. The maximum Gasteiger partial charge on any atom is 0.236 e. The summed E-state index contributed by atoms with van der Waals surface area (Å²) in [6, 6.07) is 5.91. The summed E-state index contributed by atoms with van der Waals surface area (Å²) in [4.78, 5) is 0. The van der Waals surface area contributed by atoms with Crippen LogP contribution in [0.4, 0.5) is 5.69 Å². The quantitative estimate of drug-likeness (QED) is 0.472. The molecule has 1 rings (SSSR count). The van der Waals surface area contributed by atoms with Gasteiger partial charge in [0.05, 0.1) is 18.6 Å². The van der Waals surface area contributed by atoms with Crippen molar-refractivity contribution in [3.63, 3.8) is 0 Å². The van der Waals surface area contributed by atoms with Gasteiger partial charge in [0.2, 0.25) is 6.34 Å². The van der Waals surface area contributed by atoms with E-state index < -0.39 is 0 Å². The van der Waals surface area contributed by atoms with Gasteiger partial charge in [0, 0.05) is 0 Å². The Kier molecular flexibility index (Phi) is 5.33. The van der Waals surface area contributed by atoms with Crippen LogP contribution in [0.15, 0.2) is 18.2 Å². The molecule has 0 heterocycles. The second kappa shape index (κ2) is 6.54. The molecular weight excluding hydrogens is 220 g/mol. The third-order valence-corrected chi connectivity index (χ3v) is 2.83. The molecule has 0 saturated heterocycles. The molecule has 1 aromatic rings. The van der Waals surface area contributed by atoms with Gasteiger partial charge in [-0.1, -0.05) is 37.1 Å². The Morgan fingerprint density at radius 3 is 2.81 bits per heavy atom. The molecule has 0 aliphatic rings. The zero-order valence-electron chi connectivity index (χ0n) is 10.3. The van der Waals surface area contributed by atoms with Gasteiger partial charge in [0.25, 0.3) is 0 Å². The first kappa shape index (κ1) is 13.0. The lowest BCUT2D eigenvalue weighted by atomic mass is 10.2. The number of aryl methyl sites for hydroxylation is 1. The number of rotatable bonds is 5. The molecule has 0 atom stereocenters. The highest BCUT2D eigenvalue weighted by Crippen LogP contribution is 2.24. The standard InChI is InChI=1S/C13H19ClN2/c1-4-5-9-16(3)10-15-13-11(2)7-6-8-12(13)14/h6-8,10H,4-5,9H2,1-3H3/p+1. The van der Waals surface area contributed by atoms with E-state index in [4.69, 9.17) is 11.6 Å². The van der Waals surface area contributed by atoms with Gasteiger partial charge in [-0.3, -0.25) is 4.58 Å². The van der Waals surface area contributed by atoms with E-state index in [9.17, 15) is 0 Å². The summed E-state index contributed by atoms with van der Waals surface area (Å²) in [5.41, 5.74) is 2.15. The number of nitrogens with zero attached hydrogens (tertiary/aromatic N) is 1. The van der Waals surface area contributed by atoms with Crippen molar-refractivity contribution in [2.75, 3.05) is 18.9 Å². The van der Waals surface area contributed by atoms with Gasteiger partial charge in [0.15, 0.2) is 0 Å². The van der Waals surface area contributed by atoms with Crippen LogP contribution in [0.3, 0.4) is 0 Å². The van der Waals surface area contributed by atoms with Crippen molar-refractivity contribution in [3.8, 4) is 0 Å². The maximum atomic E-state index is 6.12. The Bertz CT molecular complexity index is 352. The summed E-state index contributed by atoms with van der Waals surface area (Å²) < 4.78 is 2.15. The van der Waals surface area contributed by atoms with E-state index >= 15 is 0 Å². The third kappa shape index (κ3) is 3.86. The number of hydrogen-bond acceptors (Lipinski definition) is 0. The SMILES string of the molecule is CCCC[N+](C)=CNc1c(C)cccc1Cl. The Balaban J connectivity index is 2.66. The van der Waals surface area contributed by atoms with E-state index in [1.807, 2.05) is 31.5 Å². The van der Waals surface area contributed by atoms with E-state index in [0.29, 0.717) is 0 Å². The first-order valence-electron chi connectivity index (χ1n) is 5.70. The smallest absolute Gasteiger partial charge is 0.236 e. The number of unbranched alkanes of at least 4 members (excludes halogenated alkanes) is 1. The molecule has 0 unspecified atom stereocenters. The van der Waals surface area contributed by atoms with Crippen molar-refractivity contribution in [2.45, 2.75) is 26.7 Å². The molecule has 16 heavy (non-hydrogen) atoms. The van der Waals surface area contributed by atoms with Gasteiger partial charge in [-0.05, 0) is 25.0 Å². The molecule has 0 aliphatic carbocycles. The minimum atomic E-state index is 0.764.